The molecule has 1 N–H and O–H groups in total. The number of carbonyl (C=O) groups is 1. The maximum atomic E-state index is 11.3. The van der Waals surface area contributed by atoms with Crippen LogP contribution in [0.15, 0.2) is 54.3 Å². The normalized spacial score (nSPS) is 14.2. The Morgan fingerprint density at radius 2 is 1.65 bits per heavy atom. The van der Waals surface area contributed by atoms with Gasteiger partial charge in [-0.3, -0.25) is 4.79 Å². The number of hydrogen-bond donors (Lipinski definition) is 1. The number of esters is 1. The fourth-order valence-corrected chi connectivity index (χ4v) is 5.29. The average molecular weight is 505 g/mol. The van der Waals surface area contributed by atoms with Crippen molar-refractivity contribution in [3.63, 3.8) is 0 Å². The Balaban J connectivity index is 1.93. The number of ether oxygens (including phenoxy) is 2. The standard InChI is InChI=1S/C33H44O4/c1-7-12-26-22-28(14-13-25(26)19-20-32(35,8-2)9-3)33(10-4,11-5)27-15-17-30(24(6)21-27)36-23-29-16-18-31(34)37-29/h13-17,19-22,35H,7-12,18,23H2,1-6H3. The van der Waals surface area contributed by atoms with Gasteiger partial charge in [0.1, 0.15) is 18.1 Å². The van der Waals surface area contributed by atoms with Crippen molar-refractivity contribution in [2.24, 2.45) is 0 Å². The fourth-order valence-electron chi connectivity index (χ4n) is 5.29. The van der Waals surface area contributed by atoms with Crippen LogP contribution in [0.1, 0.15) is 101 Å². The first kappa shape index (κ1) is 28.7. The molecule has 0 bridgehead atoms. The molecule has 0 aliphatic carbocycles. The van der Waals surface area contributed by atoms with Gasteiger partial charge in [0, 0.05) is 5.41 Å². The zero-order chi connectivity index (χ0) is 27.1. The Morgan fingerprint density at radius 1 is 0.973 bits per heavy atom. The molecule has 0 amide bonds. The van der Waals surface area contributed by atoms with Crippen molar-refractivity contribution in [1.82, 2.24) is 0 Å². The molecule has 0 saturated heterocycles. The lowest BCUT2D eigenvalue weighted by Gasteiger charge is -2.34. The van der Waals surface area contributed by atoms with Crippen LogP contribution >= 0.6 is 0 Å². The van der Waals surface area contributed by atoms with Gasteiger partial charge in [-0.05, 0) is 79.0 Å². The van der Waals surface area contributed by atoms with Crippen LogP contribution in [0.3, 0.4) is 0 Å². The molecule has 0 spiro atoms. The van der Waals surface area contributed by atoms with E-state index in [4.69, 9.17) is 9.47 Å². The van der Waals surface area contributed by atoms with Gasteiger partial charge in [0.05, 0.1) is 12.0 Å². The van der Waals surface area contributed by atoms with Gasteiger partial charge < -0.3 is 14.6 Å². The summed E-state index contributed by atoms with van der Waals surface area (Å²) in [6.45, 7) is 13.1. The Bertz CT molecular complexity index is 1130. The van der Waals surface area contributed by atoms with E-state index >= 15 is 0 Å². The van der Waals surface area contributed by atoms with E-state index in [-0.39, 0.29) is 18.0 Å². The highest BCUT2D eigenvalue weighted by molar-refractivity contribution is 5.75. The lowest BCUT2D eigenvalue weighted by atomic mass is 9.69. The number of aryl methyl sites for hydroxylation is 2. The SMILES string of the molecule is CCCc1cc(C(CC)(CC)c2ccc(OCC3=CCC(=O)O3)c(C)c2)ccc1C=CC(O)(CC)CC. The molecule has 4 nitrogen and oxygen atoms in total. The molecule has 0 unspecified atom stereocenters. The monoisotopic (exact) mass is 504 g/mol. The van der Waals surface area contributed by atoms with E-state index in [0.717, 1.165) is 37.0 Å². The minimum Gasteiger partial charge on any atom is -0.485 e. The number of carbonyl (C=O) groups excluding carboxylic acids is 1. The zero-order valence-corrected chi connectivity index (χ0v) is 23.5. The summed E-state index contributed by atoms with van der Waals surface area (Å²) >= 11 is 0. The lowest BCUT2D eigenvalue weighted by Crippen LogP contribution is -2.26. The van der Waals surface area contributed by atoms with Crippen LogP contribution in [0.5, 0.6) is 5.75 Å². The smallest absolute Gasteiger partial charge is 0.314 e. The van der Waals surface area contributed by atoms with Crippen molar-refractivity contribution < 1.29 is 19.4 Å². The predicted octanol–water partition coefficient (Wildman–Crippen LogP) is 7.83. The molecular weight excluding hydrogens is 460 g/mol. The second-order valence-corrected chi connectivity index (χ2v) is 10.2. The first-order valence-electron chi connectivity index (χ1n) is 13.9. The first-order valence-corrected chi connectivity index (χ1v) is 13.9. The van der Waals surface area contributed by atoms with Crippen LogP contribution in [-0.2, 0) is 21.4 Å². The molecule has 0 radical (unpaired) electrons. The van der Waals surface area contributed by atoms with Crippen LogP contribution in [0.25, 0.3) is 6.08 Å². The maximum absolute atomic E-state index is 11.3. The van der Waals surface area contributed by atoms with E-state index in [0.29, 0.717) is 25.0 Å². The highest BCUT2D eigenvalue weighted by atomic mass is 16.6. The van der Waals surface area contributed by atoms with Crippen LogP contribution in [0, 0.1) is 6.92 Å². The lowest BCUT2D eigenvalue weighted by molar-refractivity contribution is -0.136. The number of benzene rings is 2. The molecule has 4 heteroatoms. The molecule has 1 aliphatic heterocycles. The van der Waals surface area contributed by atoms with Crippen molar-refractivity contribution in [3.05, 3.63) is 82.1 Å². The summed E-state index contributed by atoms with van der Waals surface area (Å²) in [5.41, 5.74) is 5.34. The molecule has 0 atom stereocenters. The van der Waals surface area contributed by atoms with Crippen LogP contribution in [0.4, 0.5) is 0 Å². The summed E-state index contributed by atoms with van der Waals surface area (Å²) in [6, 6.07) is 13.3. The summed E-state index contributed by atoms with van der Waals surface area (Å²) < 4.78 is 11.1. The Labute approximate surface area is 223 Å². The van der Waals surface area contributed by atoms with Crippen molar-refractivity contribution in [3.8, 4) is 5.75 Å². The molecule has 3 rings (SSSR count). The third kappa shape index (κ3) is 6.54. The summed E-state index contributed by atoms with van der Waals surface area (Å²) in [7, 11) is 0. The number of aliphatic hydroxyl groups is 1. The molecule has 37 heavy (non-hydrogen) atoms. The van der Waals surface area contributed by atoms with Gasteiger partial charge in [-0.2, -0.15) is 0 Å². The van der Waals surface area contributed by atoms with Gasteiger partial charge in [0.25, 0.3) is 0 Å². The number of cyclic esters (lactones) is 1. The summed E-state index contributed by atoms with van der Waals surface area (Å²) in [5, 5.41) is 10.8. The van der Waals surface area contributed by atoms with E-state index in [2.05, 4.69) is 64.1 Å². The highest BCUT2D eigenvalue weighted by Gasteiger charge is 2.31. The molecule has 2 aromatic carbocycles. The molecule has 0 fully saturated rings. The number of hydrogen-bond acceptors (Lipinski definition) is 4. The third-order valence-electron chi connectivity index (χ3n) is 8.06. The van der Waals surface area contributed by atoms with Gasteiger partial charge >= 0.3 is 5.97 Å². The van der Waals surface area contributed by atoms with Crippen molar-refractivity contribution in [2.75, 3.05) is 6.61 Å². The Morgan fingerprint density at radius 3 is 2.22 bits per heavy atom. The molecule has 0 aromatic heterocycles. The third-order valence-corrected chi connectivity index (χ3v) is 8.06. The zero-order valence-electron chi connectivity index (χ0n) is 23.5. The molecule has 1 heterocycles. The van der Waals surface area contributed by atoms with Gasteiger partial charge in [0.15, 0.2) is 0 Å². The average Bonchev–Trinajstić information content (AvgIpc) is 3.33. The largest absolute Gasteiger partial charge is 0.485 e. The molecular formula is C33H44O4. The molecule has 0 saturated carbocycles. The van der Waals surface area contributed by atoms with E-state index in [1.165, 1.54) is 22.3 Å². The maximum Gasteiger partial charge on any atom is 0.314 e. The van der Waals surface area contributed by atoms with Gasteiger partial charge in [-0.25, -0.2) is 0 Å². The van der Waals surface area contributed by atoms with E-state index < -0.39 is 5.60 Å². The molecule has 200 valence electrons. The topological polar surface area (TPSA) is 55.8 Å². The number of rotatable bonds is 13. The summed E-state index contributed by atoms with van der Waals surface area (Å²) in [5.74, 6) is 1.16. The molecule has 1 aliphatic rings. The summed E-state index contributed by atoms with van der Waals surface area (Å²) in [6.07, 6.45) is 11.6. The predicted molar refractivity (Wildman–Crippen MR) is 152 cm³/mol. The van der Waals surface area contributed by atoms with E-state index in [1.54, 1.807) is 6.08 Å². The van der Waals surface area contributed by atoms with Gasteiger partial charge in [0.2, 0.25) is 0 Å². The highest BCUT2D eigenvalue weighted by Crippen LogP contribution is 2.41. The van der Waals surface area contributed by atoms with E-state index in [9.17, 15) is 9.90 Å². The second kappa shape index (κ2) is 12.6. The second-order valence-electron chi connectivity index (χ2n) is 10.2. The first-order chi connectivity index (χ1) is 17.7. The summed E-state index contributed by atoms with van der Waals surface area (Å²) in [4.78, 5) is 11.3. The van der Waals surface area contributed by atoms with Crippen molar-refractivity contribution in [1.29, 1.82) is 0 Å². The van der Waals surface area contributed by atoms with Crippen molar-refractivity contribution in [2.45, 2.75) is 97.5 Å². The van der Waals surface area contributed by atoms with Gasteiger partial charge in [-0.1, -0.05) is 83.5 Å². The Kier molecular flexibility index (Phi) is 9.78. The van der Waals surface area contributed by atoms with Gasteiger partial charge in [-0.15, -0.1) is 0 Å². The Hall–Kier alpha value is -2.85. The van der Waals surface area contributed by atoms with Crippen molar-refractivity contribution >= 4 is 12.0 Å². The molecule has 2 aromatic rings. The van der Waals surface area contributed by atoms with Crippen LogP contribution in [-0.4, -0.2) is 23.3 Å². The minimum atomic E-state index is -0.754. The van der Waals surface area contributed by atoms with E-state index in [1.807, 2.05) is 26.0 Å². The van der Waals surface area contributed by atoms with Crippen LogP contribution in [0.2, 0.25) is 0 Å². The fraction of sp³-hybridized carbons (Fsp3) is 0.485. The van der Waals surface area contributed by atoms with Crippen LogP contribution < -0.4 is 4.74 Å². The quantitative estimate of drug-likeness (QED) is 0.282. The minimum absolute atomic E-state index is 0.106.